The number of anilines is 1. The molecule has 2 heterocycles. The summed E-state index contributed by atoms with van der Waals surface area (Å²) in [6.45, 7) is 1.68. The van der Waals surface area contributed by atoms with Gasteiger partial charge in [-0.1, -0.05) is 0 Å². The number of halogens is 1. The van der Waals surface area contributed by atoms with E-state index in [1.807, 2.05) is 12.1 Å². The lowest BCUT2D eigenvalue weighted by Crippen LogP contribution is -2.31. The Bertz CT molecular complexity index is 632. The van der Waals surface area contributed by atoms with Crippen LogP contribution in [0.5, 0.6) is 0 Å². The maximum atomic E-state index is 4.28. The van der Waals surface area contributed by atoms with E-state index in [1.165, 1.54) is 0 Å². The van der Waals surface area contributed by atoms with E-state index in [1.54, 1.807) is 6.20 Å². The van der Waals surface area contributed by atoms with Gasteiger partial charge in [-0.2, -0.15) is 4.99 Å². The second-order valence-electron chi connectivity index (χ2n) is 3.58. The molecule has 5 nitrogen and oxygen atoms in total. The molecule has 2 aliphatic heterocycles. The Balaban J connectivity index is 2.03. The first-order valence-electron chi connectivity index (χ1n) is 5.21. The zero-order valence-corrected chi connectivity index (χ0v) is 10.5. The summed E-state index contributed by atoms with van der Waals surface area (Å²) in [6.07, 6.45) is 4.29. The minimum absolute atomic E-state index is 0.788. The van der Waals surface area contributed by atoms with Crippen molar-refractivity contribution in [3.05, 3.63) is 39.7 Å². The van der Waals surface area contributed by atoms with E-state index in [9.17, 15) is 0 Å². The van der Waals surface area contributed by atoms with Crippen molar-refractivity contribution in [2.45, 2.75) is 0 Å². The molecule has 0 atom stereocenters. The van der Waals surface area contributed by atoms with E-state index in [2.05, 4.69) is 47.7 Å². The summed E-state index contributed by atoms with van der Waals surface area (Å²) in [5, 5.41) is 7.99. The third-order valence-corrected chi connectivity index (χ3v) is 3.26. The maximum Gasteiger partial charge on any atom is 0.254 e. The van der Waals surface area contributed by atoms with Crippen molar-refractivity contribution < 1.29 is 0 Å². The van der Waals surface area contributed by atoms with Gasteiger partial charge in [0.15, 0.2) is 22.0 Å². The number of aliphatic imine (C=N–C) groups is 1. The molecule has 0 radical (unpaired) electrons. The molecule has 0 bridgehead atoms. The molecule has 84 valence electrons. The highest BCUT2D eigenvalue weighted by Crippen LogP contribution is 2.16. The fraction of sp³-hybridized carbons (Fsp3) is 0.182. The predicted octanol–water partition coefficient (Wildman–Crippen LogP) is 0.347. The zero-order chi connectivity index (χ0) is 11.7. The van der Waals surface area contributed by atoms with Gasteiger partial charge in [0.25, 0.3) is 5.36 Å². The largest absolute Gasteiger partial charge is 0.354 e. The first-order valence-corrected chi connectivity index (χ1v) is 6.00. The lowest BCUT2D eigenvalue weighted by Gasteiger charge is -2.06. The average molecular weight is 291 g/mol. The Hall–Kier alpha value is -1.78. The van der Waals surface area contributed by atoms with Crippen molar-refractivity contribution in [3.8, 4) is 0 Å². The van der Waals surface area contributed by atoms with Gasteiger partial charge in [-0.05, 0) is 28.1 Å². The van der Waals surface area contributed by atoms with E-state index in [4.69, 9.17) is 0 Å². The van der Waals surface area contributed by atoms with E-state index in [-0.39, 0.29) is 0 Å². The summed E-state index contributed by atoms with van der Waals surface area (Å²) in [6, 6.07) is 3.86. The number of rotatable bonds is 1. The van der Waals surface area contributed by atoms with Crippen molar-refractivity contribution in [1.29, 1.82) is 0 Å². The Kier molecular flexibility index (Phi) is 2.59. The smallest absolute Gasteiger partial charge is 0.254 e. The quantitative estimate of drug-likeness (QED) is 0.733. The van der Waals surface area contributed by atoms with Crippen LogP contribution in [0.3, 0.4) is 0 Å². The van der Waals surface area contributed by atoms with E-state index >= 15 is 0 Å². The number of guanidine groups is 1. The van der Waals surface area contributed by atoms with Crippen molar-refractivity contribution in [2.75, 3.05) is 18.4 Å². The van der Waals surface area contributed by atoms with Crippen LogP contribution in [-0.2, 0) is 0 Å². The van der Waals surface area contributed by atoms with E-state index < -0.39 is 0 Å². The number of fused-ring (bicyclic) bond motifs is 1. The zero-order valence-electron chi connectivity index (χ0n) is 8.87. The van der Waals surface area contributed by atoms with Crippen LogP contribution in [0.15, 0.2) is 37.8 Å². The molecule has 0 unspecified atom stereocenters. The summed E-state index contributed by atoms with van der Waals surface area (Å²) < 4.78 is 0.871. The summed E-state index contributed by atoms with van der Waals surface area (Å²) in [4.78, 5) is 12.7. The van der Waals surface area contributed by atoms with Crippen molar-refractivity contribution in [2.24, 2.45) is 15.0 Å². The summed E-state index contributed by atoms with van der Waals surface area (Å²) in [7, 11) is 0. The first kappa shape index (κ1) is 10.4. The molecule has 0 saturated heterocycles. The molecule has 1 aromatic carbocycles. The molecular weight excluding hydrogens is 282 g/mol. The molecule has 2 N–H and O–H groups in total. The van der Waals surface area contributed by atoms with Crippen molar-refractivity contribution in [3.63, 3.8) is 0 Å². The molecular formula is C11H9BrN5+. The number of hydrogen-bond donors (Lipinski definition) is 2. The highest BCUT2D eigenvalue weighted by molar-refractivity contribution is 9.10. The minimum Gasteiger partial charge on any atom is -0.354 e. The monoisotopic (exact) mass is 290 g/mol. The summed E-state index contributed by atoms with van der Waals surface area (Å²) in [5.74, 6) is 0.790. The molecule has 3 rings (SSSR count). The molecule has 0 spiro atoms. The van der Waals surface area contributed by atoms with Crippen LogP contribution in [0.1, 0.15) is 0 Å². The lowest BCUT2D eigenvalue weighted by atomic mass is 10.3. The molecule has 0 aliphatic carbocycles. The maximum absolute atomic E-state index is 4.28. The second-order valence-corrected chi connectivity index (χ2v) is 4.37. The third kappa shape index (κ3) is 1.92. The molecule has 0 saturated carbocycles. The fourth-order valence-electron chi connectivity index (χ4n) is 1.66. The van der Waals surface area contributed by atoms with Crippen LogP contribution in [0.25, 0.3) is 0 Å². The van der Waals surface area contributed by atoms with Crippen LogP contribution in [0.4, 0.5) is 5.69 Å². The Morgan fingerprint density at radius 3 is 3.18 bits per heavy atom. The Morgan fingerprint density at radius 2 is 2.35 bits per heavy atom. The highest BCUT2D eigenvalue weighted by atomic mass is 79.9. The normalized spacial score (nSPS) is 15.9. The van der Waals surface area contributed by atoms with E-state index in [0.29, 0.717) is 0 Å². The molecule has 6 heteroatoms. The molecule has 0 aromatic heterocycles. The van der Waals surface area contributed by atoms with Crippen LogP contribution in [0.2, 0.25) is 0 Å². The third-order valence-electron chi connectivity index (χ3n) is 2.46. The number of nitrogens with one attached hydrogen (secondary N) is 2. The van der Waals surface area contributed by atoms with Gasteiger partial charge >= 0.3 is 0 Å². The Labute approximate surface area is 106 Å². The van der Waals surface area contributed by atoms with Crippen LogP contribution < -0.4 is 21.3 Å². The van der Waals surface area contributed by atoms with Crippen LogP contribution in [-0.4, -0.2) is 19.0 Å². The van der Waals surface area contributed by atoms with Gasteiger partial charge < -0.3 is 10.6 Å². The second kappa shape index (κ2) is 4.24. The molecule has 2 aliphatic rings. The SMILES string of the molecule is Brc1c(NC2=NCCN2)ccc2c1=N[C+]=CN=2. The predicted molar refractivity (Wildman–Crippen MR) is 68.2 cm³/mol. The van der Waals surface area contributed by atoms with Gasteiger partial charge in [-0.25, -0.2) is 0 Å². The molecule has 17 heavy (non-hydrogen) atoms. The van der Waals surface area contributed by atoms with Crippen LogP contribution in [0, 0.1) is 6.20 Å². The van der Waals surface area contributed by atoms with E-state index in [0.717, 1.165) is 39.9 Å². The minimum atomic E-state index is 0.788. The van der Waals surface area contributed by atoms with Gasteiger partial charge in [0.2, 0.25) is 6.20 Å². The Morgan fingerprint density at radius 1 is 1.41 bits per heavy atom. The fourth-order valence-corrected chi connectivity index (χ4v) is 2.19. The van der Waals surface area contributed by atoms with Gasteiger partial charge in [-0.3, -0.25) is 4.99 Å². The van der Waals surface area contributed by atoms with Gasteiger partial charge in [0, 0.05) is 11.5 Å². The van der Waals surface area contributed by atoms with Crippen LogP contribution >= 0.6 is 15.9 Å². The topological polar surface area (TPSA) is 61.1 Å². The van der Waals surface area contributed by atoms with Crippen molar-refractivity contribution in [1.82, 2.24) is 5.32 Å². The molecule has 0 fully saturated rings. The number of hydrogen-bond acceptors (Lipinski definition) is 5. The average Bonchev–Trinajstić information content (AvgIpc) is 2.86. The highest BCUT2D eigenvalue weighted by Gasteiger charge is 2.14. The first-order chi connectivity index (χ1) is 8.34. The summed E-state index contributed by atoms with van der Waals surface area (Å²) >= 11 is 3.52. The lowest BCUT2D eigenvalue weighted by molar-refractivity contribution is 0.959. The van der Waals surface area contributed by atoms with Gasteiger partial charge in [0.05, 0.1) is 12.2 Å². The van der Waals surface area contributed by atoms with Gasteiger partial charge in [0.1, 0.15) is 0 Å². The standard InChI is InChI=1S/C11H9BrN5/c12-9-7(17-11-15-5-6-16-11)1-2-8-10(9)14-4-3-13-8/h1-3H,5-6H2,(H2,15,16,17)/q+1. The number of nitrogens with zero attached hydrogens (tertiary/aromatic N) is 3. The molecule has 1 aromatic rings. The molecule has 0 amide bonds. The van der Waals surface area contributed by atoms with Gasteiger partial charge in [-0.15, -0.1) is 0 Å². The number of benzene rings is 1. The summed E-state index contributed by atoms with van der Waals surface area (Å²) in [5.41, 5.74) is 0.916. The van der Waals surface area contributed by atoms with Crippen molar-refractivity contribution >= 4 is 27.6 Å².